The van der Waals surface area contributed by atoms with Crippen LogP contribution in [0.1, 0.15) is 59.0 Å². The number of carbonyl (C=O) groups excluding carboxylic acids is 1. The third kappa shape index (κ3) is 3.25. The van der Waals surface area contributed by atoms with Crippen LogP contribution in [0.2, 0.25) is 0 Å². The summed E-state index contributed by atoms with van der Waals surface area (Å²) >= 11 is 3.30. The van der Waals surface area contributed by atoms with E-state index in [1.807, 2.05) is 0 Å². The molecule has 0 saturated heterocycles. The Kier molecular flexibility index (Phi) is 4.69. The number of nitrogens with zero attached hydrogens (tertiary/aromatic N) is 1. The van der Waals surface area contributed by atoms with Crippen molar-refractivity contribution >= 4 is 34.4 Å². The third-order valence-electron chi connectivity index (χ3n) is 5.76. The van der Waals surface area contributed by atoms with Crippen molar-refractivity contribution < 1.29 is 19.4 Å². The minimum Gasteiger partial charge on any atom is -0.478 e. The van der Waals surface area contributed by atoms with Gasteiger partial charge in [0.15, 0.2) is 5.78 Å². The van der Waals surface area contributed by atoms with Crippen molar-refractivity contribution in [1.82, 2.24) is 4.98 Å². The van der Waals surface area contributed by atoms with Gasteiger partial charge in [0, 0.05) is 44.2 Å². The number of hydrogen-bond acceptors (Lipinski definition) is 6. The smallest absolute Gasteiger partial charge is 0.331 e. The van der Waals surface area contributed by atoms with Gasteiger partial charge in [0.25, 0.3) is 0 Å². The van der Waals surface area contributed by atoms with Gasteiger partial charge in [0.05, 0.1) is 18.9 Å². The second-order valence-corrected chi connectivity index (χ2v) is 9.72. The van der Waals surface area contributed by atoms with Gasteiger partial charge in [-0.15, -0.1) is 22.7 Å². The highest BCUT2D eigenvalue weighted by Gasteiger charge is 2.31. The lowest BCUT2D eigenvalue weighted by Crippen LogP contribution is -2.10. The van der Waals surface area contributed by atoms with E-state index in [0.717, 1.165) is 28.3 Å². The fraction of sp³-hybridized carbons (Fsp3) is 0.476. The number of hydrogen-bond donors (Lipinski definition) is 1. The summed E-state index contributed by atoms with van der Waals surface area (Å²) in [5.41, 5.74) is 4.38. The zero-order valence-electron chi connectivity index (χ0n) is 15.5. The molecule has 1 fully saturated rings. The molecule has 2 aromatic rings. The molecule has 1 N–H and O–H groups in total. The Balaban J connectivity index is 1.52. The predicted molar refractivity (Wildman–Crippen MR) is 108 cm³/mol. The minimum absolute atomic E-state index is 0.0466. The van der Waals surface area contributed by atoms with E-state index in [-0.39, 0.29) is 12.2 Å². The summed E-state index contributed by atoms with van der Waals surface area (Å²) in [5, 5.41) is 12.6. The Morgan fingerprint density at radius 3 is 2.82 bits per heavy atom. The molecule has 0 spiro atoms. The van der Waals surface area contributed by atoms with Gasteiger partial charge in [0.2, 0.25) is 0 Å². The summed E-state index contributed by atoms with van der Waals surface area (Å²) in [5.74, 6) is -0.391. The number of ketones is 1. The maximum absolute atomic E-state index is 13.0. The van der Waals surface area contributed by atoms with Crippen molar-refractivity contribution in [3.05, 3.63) is 37.5 Å². The first kappa shape index (κ1) is 18.2. The van der Waals surface area contributed by atoms with Gasteiger partial charge in [-0.1, -0.05) is 0 Å². The summed E-state index contributed by atoms with van der Waals surface area (Å²) in [7, 11) is 0. The molecule has 1 saturated carbocycles. The largest absolute Gasteiger partial charge is 0.478 e. The number of carboxylic acids is 1. The molecule has 5 nitrogen and oxygen atoms in total. The Labute approximate surface area is 171 Å². The maximum Gasteiger partial charge on any atom is 0.331 e. The lowest BCUT2D eigenvalue weighted by Gasteiger charge is -2.13. The van der Waals surface area contributed by atoms with Gasteiger partial charge in [-0.3, -0.25) is 4.79 Å². The van der Waals surface area contributed by atoms with Crippen LogP contribution in [0.15, 0.2) is 16.5 Å². The molecule has 5 rings (SSSR count). The van der Waals surface area contributed by atoms with Crippen molar-refractivity contribution in [1.29, 1.82) is 0 Å². The second kappa shape index (κ2) is 7.21. The molecule has 0 radical (unpaired) electrons. The Bertz CT molecular complexity index is 996. The van der Waals surface area contributed by atoms with Crippen LogP contribution in [0.3, 0.4) is 0 Å². The molecular weight excluding hydrogens is 394 g/mol. The summed E-state index contributed by atoms with van der Waals surface area (Å²) in [6.45, 7) is 1.28. The van der Waals surface area contributed by atoms with E-state index < -0.39 is 5.97 Å². The van der Waals surface area contributed by atoms with Gasteiger partial charge in [-0.05, 0) is 44.1 Å². The number of allylic oxidation sites excluding steroid dienone is 1. The normalized spacial score (nSPS) is 19.1. The summed E-state index contributed by atoms with van der Waals surface area (Å²) in [6.07, 6.45) is 5.37. The lowest BCUT2D eigenvalue weighted by atomic mass is 9.99. The molecule has 3 aliphatic rings. The van der Waals surface area contributed by atoms with Gasteiger partial charge >= 0.3 is 5.97 Å². The van der Waals surface area contributed by atoms with E-state index >= 15 is 0 Å². The number of thiophene rings is 1. The highest BCUT2D eigenvalue weighted by molar-refractivity contribution is 7.15. The predicted octanol–water partition coefficient (Wildman–Crippen LogP) is 4.50. The SMILES string of the molecule is O=C(O)C1=C(C(=O)Cc2sc3c(c2-c2nc(C4CC4)cs2)CCOC3)CCC1. The highest BCUT2D eigenvalue weighted by atomic mass is 32.1. The monoisotopic (exact) mass is 415 g/mol. The van der Waals surface area contributed by atoms with Crippen molar-refractivity contribution in [2.45, 2.75) is 57.5 Å². The topological polar surface area (TPSA) is 76.5 Å². The van der Waals surface area contributed by atoms with E-state index in [2.05, 4.69) is 5.38 Å². The molecule has 0 bridgehead atoms. The van der Waals surface area contributed by atoms with Crippen LogP contribution >= 0.6 is 22.7 Å². The maximum atomic E-state index is 13.0. The van der Waals surface area contributed by atoms with Crippen LogP contribution in [-0.4, -0.2) is 28.4 Å². The summed E-state index contributed by atoms with van der Waals surface area (Å²) in [4.78, 5) is 31.5. The number of carbonyl (C=O) groups is 2. The first-order chi connectivity index (χ1) is 13.6. The van der Waals surface area contributed by atoms with Crippen molar-refractivity contribution in [3.63, 3.8) is 0 Å². The van der Waals surface area contributed by atoms with E-state index in [9.17, 15) is 14.7 Å². The molecule has 0 atom stereocenters. The average Bonchev–Trinajstić information content (AvgIpc) is 3.10. The molecule has 0 amide bonds. The van der Waals surface area contributed by atoms with Crippen LogP contribution in [0, 0.1) is 0 Å². The molecule has 1 aliphatic heterocycles. The third-order valence-corrected chi connectivity index (χ3v) is 7.84. The van der Waals surface area contributed by atoms with Crippen molar-refractivity contribution in [2.75, 3.05) is 6.61 Å². The Morgan fingerprint density at radius 2 is 2.04 bits per heavy atom. The Hall–Kier alpha value is -1.83. The fourth-order valence-corrected chi connectivity index (χ4v) is 6.53. The highest BCUT2D eigenvalue weighted by Crippen LogP contribution is 2.45. The van der Waals surface area contributed by atoms with Crippen LogP contribution < -0.4 is 0 Å². The van der Waals surface area contributed by atoms with Gasteiger partial charge in [-0.25, -0.2) is 9.78 Å². The molecule has 2 aliphatic carbocycles. The first-order valence-electron chi connectivity index (χ1n) is 9.77. The second-order valence-electron chi connectivity index (χ2n) is 7.67. The zero-order valence-corrected chi connectivity index (χ0v) is 17.1. The quantitative estimate of drug-likeness (QED) is 0.752. The number of aromatic nitrogens is 1. The number of Topliss-reactive ketones (excluding diaryl/α,β-unsaturated/α-hetero) is 1. The zero-order chi connectivity index (χ0) is 19.3. The number of fused-ring (bicyclic) bond motifs is 1. The summed E-state index contributed by atoms with van der Waals surface area (Å²) < 4.78 is 5.63. The van der Waals surface area contributed by atoms with Crippen LogP contribution in [0.4, 0.5) is 0 Å². The standard InChI is InChI=1S/C21H21NO4S2/c23-16(12-2-1-3-13(12)21(24)25)8-17-19(14-6-7-26-9-18(14)28-17)20-22-15(10-27-20)11-4-5-11/h10-11H,1-9H2,(H,24,25). The number of rotatable bonds is 6. The number of thiazole rings is 1. The van der Waals surface area contributed by atoms with Crippen molar-refractivity contribution in [3.8, 4) is 10.6 Å². The molecular formula is C21H21NO4S2. The first-order valence-corrected chi connectivity index (χ1v) is 11.5. The van der Waals surface area contributed by atoms with Gasteiger partial charge in [-0.2, -0.15) is 0 Å². The van der Waals surface area contributed by atoms with Gasteiger partial charge in [0.1, 0.15) is 5.01 Å². The van der Waals surface area contributed by atoms with Crippen LogP contribution in [0.5, 0.6) is 0 Å². The lowest BCUT2D eigenvalue weighted by molar-refractivity contribution is -0.133. The minimum atomic E-state index is -0.950. The van der Waals surface area contributed by atoms with E-state index in [0.29, 0.717) is 43.1 Å². The van der Waals surface area contributed by atoms with Crippen LogP contribution in [0.25, 0.3) is 10.6 Å². The molecule has 28 heavy (non-hydrogen) atoms. The summed E-state index contributed by atoms with van der Waals surface area (Å²) in [6, 6.07) is 0. The molecule has 2 aromatic heterocycles. The number of ether oxygens (including phenoxy) is 1. The molecule has 0 unspecified atom stereocenters. The number of carboxylic acid groups (broad SMARTS) is 1. The van der Waals surface area contributed by atoms with E-state index in [1.165, 1.54) is 29.0 Å². The van der Waals surface area contributed by atoms with E-state index in [1.54, 1.807) is 22.7 Å². The average molecular weight is 416 g/mol. The fourth-order valence-electron chi connectivity index (χ4n) is 4.17. The van der Waals surface area contributed by atoms with Crippen molar-refractivity contribution in [2.24, 2.45) is 0 Å². The Morgan fingerprint density at radius 1 is 1.21 bits per heavy atom. The number of aliphatic carboxylic acids is 1. The molecule has 7 heteroatoms. The van der Waals surface area contributed by atoms with Crippen LogP contribution in [-0.2, 0) is 33.8 Å². The molecule has 3 heterocycles. The molecule has 146 valence electrons. The molecule has 0 aromatic carbocycles. The van der Waals surface area contributed by atoms with E-state index in [4.69, 9.17) is 9.72 Å². The van der Waals surface area contributed by atoms with Gasteiger partial charge < -0.3 is 9.84 Å².